The number of rotatable bonds is 9. The molecule has 0 aromatic rings. The smallest absolute Gasteiger partial charge is 0.100 e. The first-order valence-corrected chi connectivity index (χ1v) is 6.55. The molecule has 0 aliphatic rings. The first-order chi connectivity index (χ1) is 9.53. The molecule has 126 valence electrons. The second-order valence-corrected chi connectivity index (χ2v) is 3.90. The molecule has 0 aliphatic heterocycles. The van der Waals surface area contributed by atoms with Crippen LogP contribution in [0.3, 0.4) is 0 Å². The van der Waals surface area contributed by atoms with Crippen molar-refractivity contribution in [2.45, 2.75) is 37.9 Å². The molecule has 0 radical (unpaired) electrons. The van der Waals surface area contributed by atoms with Gasteiger partial charge in [-0.1, -0.05) is 12.8 Å². The van der Waals surface area contributed by atoms with E-state index >= 15 is 0 Å². The van der Waals surface area contributed by atoms with Gasteiger partial charge in [-0.15, -0.1) is 0 Å². The Morgan fingerprint density at radius 3 is 0.800 bits per heavy atom. The average Bonchev–Trinajstić information content (AvgIpc) is 2.51. The first-order valence-electron chi connectivity index (χ1n) is 6.55. The van der Waals surface area contributed by atoms with Crippen molar-refractivity contribution in [1.82, 2.24) is 0 Å². The number of aliphatic hydroxyl groups is 8. The highest BCUT2D eigenvalue weighted by Crippen LogP contribution is 1.96. The van der Waals surface area contributed by atoms with E-state index in [0.29, 0.717) is 0 Å². The topological polar surface area (TPSA) is 162 Å². The van der Waals surface area contributed by atoms with Crippen LogP contribution in [0.5, 0.6) is 0 Å². The van der Waals surface area contributed by atoms with Crippen molar-refractivity contribution in [3.05, 3.63) is 0 Å². The van der Waals surface area contributed by atoms with E-state index in [4.69, 9.17) is 40.9 Å². The van der Waals surface area contributed by atoms with Crippen LogP contribution in [0.25, 0.3) is 0 Å². The largest absolute Gasteiger partial charge is 0.396 e. The fraction of sp³-hybridized carbons (Fsp3) is 1.00. The van der Waals surface area contributed by atoms with Crippen molar-refractivity contribution < 1.29 is 40.9 Å². The third kappa shape index (κ3) is 30.6. The van der Waals surface area contributed by atoms with E-state index in [0.717, 1.165) is 25.7 Å². The minimum absolute atomic E-state index is 0.283. The lowest BCUT2D eigenvalue weighted by Gasteiger charge is -1.96. The number of aliphatic hydroxyl groups excluding tert-OH is 8. The van der Waals surface area contributed by atoms with Crippen LogP contribution in [-0.2, 0) is 0 Å². The molecule has 0 saturated carbocycles. The summed E-state index contributed by atoms with van der Waals surface area (Å²) in [7, 11) is 0. The second kappa shape index (κ2) is 23.7. The summed E-state index contributed by atoms with van der Waals surface area (Å²) in [4.78, 5) is 0. The van der Waals surface area contributed by atoms with Gasteiger partial charge in [0.1, 0.15) is 12.2 Å². The third-order valence-electron chi connectivity index (χ3n) is 1.91. The molecule has 0 aromatic heterocycles. The summed E-state index contributed by atoms with van der Waals surface area (Å²) in [5.41, 5.74) is 0. The lowest BCUT2D eigenvalue weighted by Crippen LogP contribution is -2.15. The van der Waals surface area contributed by atoms with Crippen molar-refractivity contribution in [2.24, 2.45) is 0 Å². The van der Waals surface area contributed by atoms with Gasteiger partial charge in [-0.25, -0.2) is 0 Å². The van der Waals surface area contributed by atoms with E-state index in [1.165, 1.54) is 0 Å². The van der Waals surface area contributed by atoms with Gasteiger partial charge in [0.05, 0.1) is 26.4 Å². The maximum atomic E-state index is 8.30. The number of unbranched alkanes of at least 4 members (excludes halogenated alkanes) is 3. The standard InChI is InChI=1S/C6H14O2.2C3H8O3/c7-5-3-1-2-4-6-8;2*4-1-3(6)2-5/h7-8H,1-6H2;2*3-6H,1-2H2. The predicted octanol–water partition coefficient (Wildman–Crippen LogP) is -2.80. The van der Waals surface area contributed by atoms with Crippen LogP contribution < -0.4 is 0 Å². The summed E-state index contributed by atoms with van der Waals surface area (Å²) >= 11 is 0. The highest BCUT2D eigenvalue weighted by Gasteiger charge is 1.94. The fourth-order valence-corrected chi connectivity index (χ4v) is 0.693. The van der Waals surface area contributed by atoms with Gasteiger partial charge in [0.25, 0.3) is 0 Å². The van der Waals surface area contributed by atoms with Gasteiger partial charge < -0.3 is 40.9 Å². The molecule has 0 spiro atoms. The van der Waals surface area contributed by atoms with Crippen LogP contribution in [-0.4, -0.2) is 92.7 Å². The molecule has 0 amide bonds. The number of hydrogen-bond acceptors (Lipinski definition) is 8. The molecule has 0 atom stereocenters. The monoisotopic (exact) mass is 302 g/mol. The van der Waals surface area contributed by atoms with E-state index in [1.807, 2.05) is 0 Å². The predicted molar refractivity (Wildman–Crippen MR) is 73.0 cm³/mol. The van der Waals surface area contributed by atoms with E-state index in [-0.39, 0.29) is 39.6 Å². The molecule has 0 unspecified atom stereocenters. The fourth-order valence-electron chi connectivity index (χ4n) is 0.693. The molecular weight excluding hydrogens is 272 g/mol. The molecule has 0 rings (SSSR count). The van der Waals surface area contributed by atoms with Crippen LogP contribution in [0.15, 0.2) is 0 Å². The molecule has 8 heteroatoms. The summed E-state index contributed by atoms with van der Waals surface area (Å²) < 4.78 is 0. The molecular formula is C12H30O8. The molecule has 0 bridgehead atoms. The third-order valence-corrected chi connectivity index (χ3v) is 1.91. The molecule has 20 heavy (non-hydrogen) atoms. The van der Waals surface area contributed by atoms with Crippen molar-refractivity contribution in [3.8, 4) is 0 Å². The zero-order valence-electron chi connectivity index (χ0n) is 11.8. The Morgan fingerprint density at radius 2 is 0.700 bits per heavy atom. The molecule has 8 nitrogen and oxygen atoms in total. The van der Waals surface area contributed by atoms with Crippen LogP contribution in [0.4, 0.5) is 0 Å². The van der Waals surface area contributed by atoms with Gasteiger partial charge in [-0.2, -0.15) is 0 Å². The zero-order chi connectivity index (χ0) is 16.2. The highest BCUT2D eigenvalue weighted by atomic mass is 16.3. The Balaban J connectivity index is -0.000000221. The molecule has 8 N–H and O–H groups in total. The van der Waals surface area contributed by atoms with E-state index in [2.05, 4.69) is 0 Å². The van der Waals surface area contributed by atoms with Crippen LogP contribution >= 0.6 is 0 Å². The van der Waals surface area contributed by atoms with E-state index < -0.39 is 12.2 Å². The Kier molecular flexibility index (Phi) is 29.3. The van der Waals surface area contributed by atoms with Gasteiger partial charge in [-0.05, 0) is 12.8 Å². The van der Waals surface area contributed by atoms with Crippen molar-refractivity contribution in [1.29, 1.82) is 0 Å². The van der Waals surface area contributed by atoms with E-state index in [9.17, 15) is 0 Å². The van der Waals surface area contributed by atoms with Crippen molar-refractivity contribution >= 4 is 0 Å². The molecule has 0 aliphatic carbocycles. The second-order valence-electron chi connectivity index (χ2n) is 3.90. The average molecular weight is 302 g/mol. The first kappa shape index (κ1) is 24.7. The summed E-state index contributed by atoms with van der Waals surface area (Å²) in [6.07, 6.45) is 1.92. The minimum Gasteiger partial charge on any atom is -0.396 e. The van der Waals surface area contributed by atoms with Crippen LogP contribution in [0, 0.1) is 0 Å². The van der Waals surface area contributed by atoms with Gasteiger partial charge in [0.15, 0.2) is 0 Å². The van der Waals surface area contributed by atoms with Gasteiger partial charge in [0, 0.05) is 13.2 Å². The Hall–Kier alpha value is -0.320. The van der Waals surface area contributed by atoms with E-state index in [1.54, 1.807) is 0 Å². The maximum Gasteiger partial charge on any atom is 0.100 e. The lowest BCUT2D eigenvalue weighted by molar-refractivity contribution is 0.0450. The lowest BCUT2D eigenvalue weighted by atomic mass is 10.2. The van der Waals surface area contributed by atoms with Crippen molar-refractivity contribution in [3.63, 3.8) is 0 Å². The van der Waals surface area contributed by atoms with Gasteiger partial charge in [0.2, 0.25) is 0 Å². The number of hydrogen-bond donors (Lipinski definition) is 8. The summed E-state index contributed by atoms with van der Waals surface area (Å²) in [5, 5.41) is 64.6. The summed E-state index contributed by atoms with van der Waals surface area (Å²) in [6.45, 7) is -0.892. The molecule has 0 saturated heterocycles. The van der Waals surface area contributed by atoms with Crippen LogP contribution in [0.1, 0.15) is 25.7 Å². The van der Waals surface area contributed by atoms with Crippen LogP contribution in [0.2, 0.25) is 0 Å². The highest BCUT2D eigenvalue weighted by molar-refractivity contribution is 4.44. The molecule has 0 heterocycles. The Bertz CT molecular complexity index is 123. The van der Waals surface area contributed by atoms with Gasteiger partial charge >= 0.3 is 0 Å². The normalized spacial score (nSPS) is 9.90. The molecule has 0 fully saturated rings. The Morgan fingerprint density at radius 1 is 0.450 bits per heavy atom. The zero-order valence-corrected chi connectivity index (χ0v) is 11.8. The minimum atomic E-state index is -0.954. The molecule has 0 aromatic carbocycles. The summed E-state index contributed by atoms with van der Waals surface area (Å²) in [6, 6.07) is 0. The SMILES string of the molecule is OCC(O)CO.OCC(O)CO.OCCCCCCO. The maximum absolute atomic E-state index is 8.30. The van der Waals surface area contributed by atoms with Crippen molar-refractivity contribution in [2.75, 3.05) is 39.6 Å². The Labute approximate surface area is 119 Å². The quantitative estimate of drug-likeness (QED) is 0.212. The summed E-state index contributed by atoms with van der Waals surface area (Å²) in [5.74, 6) is 0. The van der Waals surface area contributed by atoms with Gasteiger partial charge in [-0.3, -0.25) is 0 Å².